The molecule has 2 heterocycles. The number of rotatable bonds is 6. The Kier molecular flexibility index (Phi) is 5.32. The molecule has 8 nitrogen and oxygen atoms in total. The van der Waals surface area contributed by atoms with E-state index in [2.05, 4.69) is 9.97 Å². The molecular weight excluding hydrogens is 414 g/mol. The number of aromatic nitrogens is 4. The van der Waals surface area contributed by atoms with Crippen LogP contribution in [0.4, 0.5) is 5.95 Å². The van der Waals surface area contributed by atoms with Crippen LogP contribution in [0.15, 0.2) is 54.9 Å². The Hall–Kier alpha value is -3.17. The van der Waals surface area contributed by atoms with Crippen LogP contribution in [-0.2, 0) is 10.0 Å². The average molecular weight is 440 g/mol. The number of aliphatic hydroxyl groups excluding tert-OH is 1. The number of fused-ring (bicyclic) bond motifs is 1. The van der Waals surface area contributed by atoms with Crippen molar-refractivity contribution in [1.29, 1.82) is 0 Å². The van der Waals surface area contributed by atoms with Gasteiger partial charge in [0.15, 0.2) is 0 Å². The summed E-state index contributed by atoms with van der Waals surface area (Å²) >= 11 is 0. The summed E-state index contributed by atoms with van der Waals surface area (Å²) in [4.78, 5) is 8.84. The number of hydrogen-bond acceptors (Lipinski definition) is 6. The molecule has 4 rings (SSSR count). The highest BCUT2D eigenvalue weighted by Gasteiger charge is 2.26. The van der Waals surface area contributed by atoms with Crippen molar-refractivity contribution in [2.45, 2.75) is 32.1 Å². The summed E-state index contributed by atoms with van der Waals surface area (Å²) in [5, 5.41) is 9.11. The van der Waals surface area contributed by atoms with E-state index in [0.717, 1.165) is 26.5 Å². The zero-order chi connectivity index (χ0) is 22.3. The number of benzene rings is 2. The van der Waals surface area contributed by atoms with Gasteiger partial charge in [0, 0.05) is 11.1 Å². The topological polar surface area (TPSA) is 116 Å². The normalized spacial score (nSPS) is 13.2. The van der Waals surface area contributed by atoms with E-state index >= 15 is 0 Å². The summed E-state index contributed by atoms with van der Waals surface area (Å²) in [5.41, 5.74) is 10.1. The maximum Gasteiger partial charge on any atom is 0.244 e. The molecule has 2 aromatic carbocycles. The van der Waals surface area contributed by atoms with Crippen molar-refractivity contribution in [3.63, 3.8) is 0 Å². The summed E-state index contributed by atoms with van der Waals surface area (Å²) in [5.74, 6) is -0.0682. The molecule has 0 amide bonds. The molecule has 162 valence electrons. The van der Waals surface area contributed by atoms with Gasteiger partial charge in [-0.2, -0.15) is 0 Å². The molecule has 0 radical (unpaired) electrons. The number of nitrogens with two attached hydrogens (primary N) is 1. The van der Waals surface area contributed by atoms with Gasteiger partial charge >= 0.3 is 0 Å². The minimum atomic E-state index is -3.70. The van der Waals surface area contributed by atoms with Crippen LogP contribution in [0.2, 0.25) is 0 Å². The maximum absolute atomic E-state index is 12.9. The molecule has 0 saturated carbocycles. The predicted octanol–water partition coefficient (Wildman–Crippen LogP) is 3.29. The molecule has 3 N–H and O–H groups in total. The number of nitrogens with zero attached hydrogens (tertiary/aromatic N) is 4. The van der Waals surface area contributed by atoms with E-state index in [1.54, 1.807) is 32.3 Å². The minimum absolute atomic E-state index is 0.0631. The fraction of sp³-hybridized carbons (Fsp3) is 0.273. The molecule has 0 unspecified atom stereocenters. The van der Waals surface area contributed by atoms with Gasteiger partial charge in [-0.1, -0.05) is 36.4 Å². The molecule has 4 aromatic rings. The average Bonchev–Trinajstić information content (AvgIpc) is 3.34. The first kappa shape index (κ1) is 21.1. The van der Waals surface area contributed by atoms with E-state index < -0.39 is 15.3 Å². The van der Waals surface area contributed by atoms with Crippen molar-refractivity contribution in [3.8, 4) is 22.5 Å². The second kappa shape index (κ2) is 7.82. The summed E-state index contributed by atoms with van der Waals surface area (Å²) in [6.45, 7) is 5.04. The zero-order valence-corrected chi connectivity index (χ0v) is 18.4. The van der Waals surface area contributed by atoms with Gasteiger partial charge in [-0.15, -0.1) is 0 Å². The first-order chi connectivity index (χ1) is 14.8. The standard InChI is InChI=1S/C22H25N5O3S/c1-14(2)31(29,30)27-19-11-17(9-10-18(19)25-22(27)23)21-20(16-7-5-4-6-8-16)24-13-26(21)15(3)12-28/h4-11,13-15,28H,12H2,1-3H3,(H2,23,25)/t15-/m1/s1. The molecule has 0 bridgehead atoms. The van der Waals surface area contributed by atoms with Crippen molar-refractivity contribution >= 4 is 27.0 Å². The smallest absolute Gasteiger partial charge is 0.244 e. The van der Waals surface area contributed by atoms with E-state index in [1.165, 1.54) is 0 Å². The number of hydrogen-bond donors (Lipinski definition) is 2. The summed E-state index contributed by atoms with van der Waals surface area (Å²) in [7, 11) is -3.70. The number of imidazole rings is 2. The van der Waals surface area contributed by atoms with Crippen LogP contribution in [0.5, 0.6) is 0 Å². The Morgan fingerprint density at radius 3 is 2.42 bits per heavy atom. The zero-order valence-electron chi connectivity index (χ0n) is 17.6. The van der Waals surface area contributed by atoms with Crippen LogP contribution in [-0.4, -0.2) is 43.9 Å². The summed E-state index contributed by atoms with van der Waals surface area (Å²) in [6.07, 6.45) is 1.69. The lowest BCUT2D eigenvalue weighted by Gasteiger charge is -2.16. The summed E-state index contributed by atoms with van der Waals surface area (Å²) in [6, 6.07) is 14.9. The largest absolute Gasteiger partial charge is 0.394 e. The van der Waals surface area contributed by atoms with Gasteiger partial charge in [0.05, 0.1) is 46.6 Å². The molecule has 0 saturated heterocycles. The second-order valence-electron chi connectivity index (χ2n) is 7.78. The molecular formula is C22H25N5O3S. The van der Waals surface area contributed by atoms with Gasteiger partial charge in [0.25, 0.3) is 0 Å². The first-order valence-corrected chi connectivity index (χ1v) is 11.5. The van der Waals surface area contributed by atoms with Gasteiger partial charge < -0.3 is 15.4 Å². The van der Waals surface area contributed by atoms with Gasteiger partial charge in [0.2, 0.25) is 16.0 Å². The highest BCUT2D eigenvalue weighted by Crippen LogP contribution is 2.35. The van der Waals surface area contributed by atoms with Gasteiger partial charge in [-0.05, 0) is 32.9 Å². The predicted molar refractivity (Wildman–Crippen MR) is 122 cm³/mol. The van der Waals surface area contributed by atoms with E-state index in [9.17, 15) is 13.5 Å². The van der Waals surface area contributed by atoms with Crippen LogP contribution < -0.4 is 5.73 Å². The second-order valence-corrected chi connectivity index (χ2v) is 10.1. The highest BCUT2D eigenvalue weighted by atomic mass is 32.2. The van der Waals surface area contributed by atoms with Crippen molar-refractivity contribution in [3.05, 3.63) is 54.9 Å². The van der Waals surface area contributed by atoms with Crippen molar-refractivity contribution in [2.24, 2.45) is 0 Å². The van der Waals surface area contributed by atoms with Crippen LogP contribution in [0.3, 0.4) is 0 Å². The molecule has 0 aliphatic rings. The number of aliphatic hydroxyl groups is 1. The van der Waals surface area contributed by atoms with Crippen molar-refractivity contribution < 1.29 is 13.5 Å². The van der Waals surface area contributed by atoms with Crippen LogP contribution in [0.1, 0.15) is 26.8 Å². The van der Waals surface area contributed by atoms with E-state index in [-0.39, 0.29) is 18.6 Å². The third-order valence-corrected chi connectivity index (χ3v) is 7.43. The Morgan fingerprint density at radius 1 is 1.06 bits per heavy atom. The van der Waals surface area contributed by atoms with Gasteiger partial charge in [-0.3, -0.25) is 0 Å². The lowest BCUT2D eigenvalue weighted by Crippen LogP contribution is -2.23. The highest BCUT2D eigenvalue weighted by molar-refractivity contribution is 7.90. The van der Waals surface area contributed by atoms with Gasteiger partial charge in [0.1, 0.15) is 0 Å². The lowest BCUT2D eigenvalue weighted by atomic mass is 10.0. The van der Waals surface area contributed by atoms with Crippen molar-refractivity contribution in [1.82, 2.24) is 18.5 Å². The molecule has 9 heteroatoms. The Balaban J connectivity index is 2.01. The molecule has 0 aliphatic carbocycles. The van der Waals surface area contributed by atoms with E-state index in [1.807, 2.05) is 47.9 Å². The SMILES string of the molecule is CC(C)S(=O)(=O)n1c(N)nc2ccc(-c3c(-c4ccccc4)ncn3[C@H](C)CO)cc21. The van der Waals surface area contributed by atoms with Crippen LogP contribution in [0, 0.1) is 0 Å². The number of nitrogen functional groups attached to an aromatic ring is 1. The Bertz CT molecular complexity index is 1340. The summed E-state index contributed by atoms with van der Waals surface area (Å²) < 4.78 is 28.9. The fourth-order valence-corrected chi connectivity index (χ4v) is 4.72. The molecule has 0 aliphatic heterocycles. The maximum atomic E-state index is 12.9. The molecule has 0 fully saturated rings. The molecule has 0 spiro atoms. The first-order valence-electron chi connectivity index (χ1n) is 10.0. The Labute approximate surface area is 181 Å². The third kappa shape index (κ3) is 3.49. The molecule has 31 heavy (non-hydrogen) atoms. The quantitative estimate of drug-likeness (QED) is 0.476. The fourth-order valence-electron chi connectivity index (χ4n) is 3.57. The molecule has 2 aromatic heterocycles. The van der Waals surface area contributed by atoms with Crippen LogP contribution >= 0.6 is 0 Å². The van der Waals surface area contributed by atoms with E-state index in [0.29, 0.717) is 11.0 Å². The lowest BCUT2D eigenvalue weighted by molar-refractivity contribution is 0.239. The Morgan fingerprint density at radius 2 is 1.77 bits per heavy atom. The number of anilines is 1. The monoisotopic (exact) mass is 439 g/mol. The van der Waals surface area contributed by atoms with Crippen molar-refractivity contribution in [2.75, 3.05) is 12.3 Å². The van der Waals surface area contributed by atoms with Crippen LogP contribution in [0.25, 0.3) is 33.5 Å². The van der Waals surface area contributed by atoms with Gasteiger partial charge in [-0.25, -0.2) is 22.4 Å². The van der Waals surface area contributed by atoms with E-state index in [4.69, 9.17) is 5.73 Å². The molecule has 1 atom stereocenters. The minimum Gasteiger partial charge on any atom is -0.394 e. The third-order valence-electron chi connectivity index (χ3n) is 5.34.